The second-order valence-electron chi connectivity index (χ2n) is 5.79. The smallest absolute Gasteiger partial charge is 0.254 e. The van der Waals surface area contributed by atoms with E-state index in [2.05, 4.69) is 5.43 Å². The van der Waals surface area contributed by atoms with E-state index in [9.17, 15) is 9.59 Å². The molecule has 0 radical (unpaired) electrons. The van der Waals surface area contributed by atoms with Gasteiger partial charge in [0, 0.05) is 18.7 Å². The first-order valence-corrected chi connectivity index (χ1v) is 7.57. The second kappa shape index (κ2) is 7.26. The van der Waals surface area contributed by atoms with E-state index in [0.717, 1.165) is 12.8 Å². The molecule has 1 aliphatic rings. The average Bonchev–Trinajstić information content (AvgIpc) is 2.53. The van der Waals surface area contributed by atoms with Gasteiger partial charge in [-0.05, 0) is 44.9 Å². The summed E-state index contributed by atoms with van der Waals surface area (Å²) in [5.74, 6) is 5.33. The predicted octanol–water partition coefficient (Wildman–Crippen LogP) is 1.32. The van der Waals surface area contributed by atoms with Gasteiger partial charge in [-0.3, -0.25) is 15.0 Å². The highest BCUT2D eigenvalue weighted by Gasteiger charge is 2.28. The van der Waals surface area contributed by atoms with Crippen LogP contribution in [0.5, 0.6) is 5.75 Å². The number of amides is 2. The molecule has 1 heterocycles. The van der Waals surface area contributed by atoms with Gasteiger partial charge >= 0.3 is 0 Å². The lowest BCUT2D eigenvalue weighted by molar-refractivity contribution is -0.126. The maximum Gasteiger partial charge on any atom is 0.254 e. The summed E-state index contributed by atoms with van der Waals surface area (Å²) < 4.78 is 5.62. The van der Waals surface area contributed by atoms with Crippen molar-refractivity contribution in [2.24, 2.45) is 11.8 Å². The van der Waals surface area contributed by atoms with Gasteiger partial charge in [-0.15, -0.1) is 0 Å². The van der Waals surface area contributed by atoms with E-state index in [4.69, 9.17) is 10.6 Å². The van der Waals surface area contributed by atoms with Crippen molar-refractivity contribution in [3.8, 4) is 5.75 Å². The molecule has 1 unspecified atom stereocenters. The van der Waals surface area contributed by atoms with E-state index < -0.39 is 0 Å². The molecule has 0 bridgehead atoms. The number of hydrogen-bond acceptors (Lipinski definition) is 4. The summed E-state index contributed by atoms with van der Waals surface area (Å²) in [6.07, 6.45) is 1.60. The van der Waals surface area contributed by atoms with Gasteiger partial charge in [0.2, 0.25) is 5.91 Å². The molecule has 1 atom stereocenters. The lowest BCUT2D eigenvalue weighted by atomic mass is 9.96. The number of ether oxygens (including phenoxy) is 1. The molecule has 1 fully saturated rings. The first-order chi connectivity index (χ1) is 10.5. The number of hydrazine groups is 1. The molecule has 1 aromatic rings. The monoisotopic (exact) mass is 305 g/mol. The standard InChI is InChI=1S/C16H23N3O3/c1-11(2)22-14-7-3-5-12(9-14)16(21)19-8-4-6-13(10-19)15(20)18-17/h3,5,7,9,11,13H,4,6,8,10,17H2,1-2H3,(H,18,20). The molecule has 6 heteroatoms. The van der Waals surface area contributed by atoms with Crippen molar-refractivity contribution in [2.75, 3.05) is 13.1 Å². The number of piperidine rings is 1. The molecule has 22 heavy (non-hydrogen) atoms. The third-order valence-electron chi connectivity index (χ3n) is 3.67. The van der Waals surface area contributed by atoms with Crippen LogP contribution in [0.4, 0.5) is 0 Å². The third-order valence-corrected chi connectivity index (χ3v) is 3.67. The van der Waals surface area contributed by atoms with Gasteiger partial charge in [0.25, 0.3) is 5.91 Å². The van der Waals surface area contributed by atoms with Crippen LogP contribution in [0.2, 0.25) is 0 Å². The lowest BCUT2D eigenvalue weighted by Crippen LogP contribution is -2.47. The highest BCUT2D eigenvalue weighted by molar-refractivity contribution is 5.95. The fourth-order valence-corrected chi connectivity index (χ4v) is 2.65. The Bertz CT molecular complexity index is 545. The molecule has 120 valence electrons. The minimum Gasteiger partial charge on any atom is -0.491 e. The average molecular weight is 305 g/mol. The molecule has 0 saturated carbocycles. The van der Waals surface area contributed by atoms with Gasteiger partial charge in [0.1, 0.15) is 5.75 Å². The minimum absolute atomic E-state index is 0.0537. The van der Waals surface area contributed by atoms with Crippen LogP contribution in [0.1, 0.15) is 37.0 Å². The number of hydrogen-bond donors (Lipinski definition) is 2. The third kappa shape index (κ3) is 3.98. The van der Waals surface area contributed by atoms with E-state index in [0.29, 0.717) is 24.4 Å². The van der Waals surface area contributed by atoms with Crippen LogP contribution >= 0.6 is 0 Å². The Kier molecular flexibility index (Phi) is 5.38. The molecule has 1 aromatic carbocycles. The largest absolute Gasteiger partial charge is 0.491 e. The highest BCUT2D eigenvalue weighted by atomic mass is 16.5. The van der Waals surface area contributed by atoms with Gasteiger partial charge in [0.05, 0.1) is 12.0 Å². The topological polar surface area (TPSA) is 84.7 Å². The van der Waals surface area contributed by atoms with Gasteiger partial charge in [-0.25, -0.2) is 5.84 Å². The number of nitrogens with zero attached hydrogens (tertiary/aromatic N) is 1. The van der Waals surface area contributed by atoms with Crippen molar-refractivity contribution in [1.29, 1.82) is 0 Å². The van der Waals surface area contributed by atoms with Gasteiger partial charge in [0.15, 0.2) is 0 Å². The predicted molar refractivity (Wildman–Crippen MR) is 83.2 cm³/mol. The zero-order chi connectivity index (χ0) is 16.1. The van der Waals surface area contributed by atoms with Crippen LogP contribution in [-0.2, 0) is 4.79 Å². The molecule has 0 aliphatic carbocycles. The Hall–Kier alpha value is -2.08. The molecule has 2 rings (SSSR count). The Morgan fingerprint density at radius 1 is 1.41 bits per heavy atom. The fraction of sp³-hybridized carbons (Fsp3) is 0.500. The summed E-state index contributed by atoms with van der Waals surface area (Å²) in [6.45, 7) is 4.93. The van der Waals surface area contributed by atoms with Gasteiger partial charge < -0.3 is 9.64 Å². The van der Waals surface area contributed by atoms with Crippen molar-refractivity contribution >= 4 is 11.8 Å². The van der Waals surface area contributed by atoms with Crippen LogP contribution in [0.25, 0.3) is 0 Å². The Balaban J connectivity index is 2.09. The lowest BCUT2D eigenvalue weighted by Gasteiger charge is -2.31. The van der Waals surface area contributed by atoms with Crippen molar-refractivity contribution in [2.45, 2.75) is 32.8 Å². The summed E-state index contributed by atoms with van der Waals surface area (Å²) in [6, 6.07) is 7.15. The Morgan fingerprint density at radius 2 is 2.18 bits per heavy atom. The Morgan fingerprint density at radius 3 is 2.86 bits per heavy atom. The first-order valence-electron chi connectivity index (χ1n) is 7.57. The number of nitrogens with two attached hydrogens (primary N) is 1. The quantitative estimate of drug-likeness (QED) is 0.499. The number of nitrogens with one attached hydrogen (secondary N) is 1. The van der Waals surface area contributed by atoms with Crippen molar-refractivity contribution in [3.05, 3.63) is 29.8 Å². The molecular formula is C16H23N3O3. The molecule has 2 amide bonds. The van der Waals surface area contributed by atoms with E-state index in [1.807, 2.05) is 19.9 Å². The first kappa shape index (κ1) is 16.3. The van der Waals surface area contributed by atoms with Crippen LogP contribution in [0.3, 0.4) is 0 Å². The zero-order valence-corrected chi connectivity index (χ0v) is 13.0. The van der Waals surface area contributed by atoms with Crippen molar-refractivity contribution in [1.82, 2.24) is 10.3 Å². The zero-order valence-electron chi connectivity index (χ0n) is 13.0. The highest BCUT2D eigenvalue weighted by Crippen LogP contribution is 2.21. The summed E-state index contributed by atoms with van der Waals surface area (Å²) in [7, 11) is 0. The van der Waals surface area contributed by atoms with Gasteiger partial charge in [-0.2, -0.15) is 0 Å². The van der Waals surface area contributed by atoms with Crippen LogP contribution in [-0.4, -0.2) is 35.9 Å². The summed E-state index contributed by atoms with van der Waals surface area (Å²) in [5, 5.41) is 0. The minimum atomic E-state index is -0.238. The second-order valence-corrected chi connectivity index (χ2v) is 5.79. The molecule has 1 saturated heterocycles. The van der Waals surface area contributed by atoms with Crippen molar-refractivity contribution in [3.63, 3.8) is 0 Å². The summed E-state index contributed by atoms with van der Waals surface area (Å²) >= 11 is 0. The summed E-state index contributed by atoms with van der Waals surface area (Å²) in [4.78, 5) is 26.0. The molecule has 6 nitrogen and oxygen atoms in total. The maximum atomic E-state index is 12.6. The molecule has 1 aliphatic heterocycles. The molecule has 0 aromatic heterocycles. The van der Waals surface area contributed by atoms with E-state index >= 15 is 0 Å². The molecule has 0 spiro atoms. The van der Waals surface area contributed by atoms with Crippen LogP contribution in [0, 0.1) is 5.92 Å². The normalized spacial score (nSPS) is 18.2. The SMILES string of the molecule is CC(C)Oc1cccc(C(=O)N2CCCC(C(=O)NN)C2)c1. The fourth-order valence-electron chi connectivity index (χ4n) is 2.65. The molecule has 3 N–H and O–H groups in total. The van der Waals surface area contributed by atoms with E-state index in [-0.39, 0.29) is 23.8 Å². The van der Waals surface area contributed by atoms with Crippen LogP contribution < -0.4 is 16.0 Å². The van der Waals surface area contributed by atoms with E-state index in [1.54, 1.807) is 23.1 Å². The Labute approximate surface area is 130 Å². The number of carbonyl (C=O) groups is 2. The van der Waals surface area contributed by atoms with E-state index in [1.165, 1.54) is 0 Å². The summed E-state index contributed by atoms with van der Waals surface area (Å²) in [5.41, 5.74) is 2.74. The molecular weight excluding hydrogens is 282 g/mol. The number of likely N-dealkylation sites (tertiary alicyclic amines) is 1. The maximum absolute atomic E-state index is 12.6. The number of rotatable bonds is 4. The number of carbonyl (C=O) groups excluding carboxylic acids is 2. The van der Waals surface area contributed by atoms with Crippen molar-refractivity contribution < 1.29 is 14.3 Å². The van der Waals surface area contributed by atoms with Gasteiger partial charge in [-0.1, -0.05) is 6.07 Å². The number of benzene rings is 1. The van der Waals surface area contributed by atoms with Crippen LogP contribution in [0.15, 0.2) is 24.3 Å².